The highest BCUT2D eigenvalue weighted by Gasteiger charge is 2.22. The molecule has 0 fully saturated rings. The molecular weight excluding hydrogens is 230 g/mol. The van der Waals surface area contributed by atoms with E-state index < -0.39 is 5.97 Å². The Hall–Kier alpha value is -1.55. The van der Waals surface area contributed by atoms with Crippen molar-refractivity contribution in [3.63, 3.8) is 0 Å². The van der Waals surface area contributed by atoms with Crippen molar-refractivity contribution in [2.24, 2.45) is 4.99 Å². The van der Waals surface area contributed by atoms with Crippen molar-refractivity contribution < 1.29 is 14.6 Å². The monoisotopic (exact) mass is 239 g/mol. The van der Waals surface area contributed by atoms with Crippen LogP contribution in [-0.4, -0.2) is 23.6 Å². The first-order valence-corrected chi connectivity index (χ1v) is 5.19. The van der Waals surface area contributed by atoms with E-state index in [1.165, 1.54) is 0 Å². The Morgan fingerprint density at radius 3 is 3.12 bits per heavy atom. The maximum absolute atomic E-state index is 10.5. The SMILES string of the molecule is O=C(O)CC1=NC(c2cccc(Cl)c2)CO1. The summed E-state index contributed by atoms with van der Waals surface area (Å²) in [5, 5.41) is 9.23. The minimum Gasteiger partial charge on any atom is -0.481 e. The highest BCUT2D eigenvalue weighted by molar-refractivity contribution is 6.30. The number of ether oxygens (including phenoxy) is 1. The molecule has 0 saturated carbocycles. The number of benzene rings is 1. The number of hydrogen-bond acceptors (Lipinski definition) is 3. The van der Waals surface area contributed by atoms with Crippen LogP contribution in [0.1, 0.15) is 18.0 Å². The van der Waals surface area contributed by atoms with Gasteiger partial charge in [0, 0.05) is 5.02 Å². The molecule has 1 N–H and O–H groups in total. The van der Waals surface area contributed by atoms with Gasteiger partial charge >= 0.3 is 5.97 Å². The number of carboxylic acid groups (broad SMARTS) is 1. The topological polar surface area (TPSA) is 58.9 Å². The van der Waals surface area contributed by atoms with E-state index in [1.807, 2.05) is 18.2 Å². The number of carbonyl (C=O) groups is 1. The number of carboxylic acids is 1. The number of halogens is 1. The molecule has 0 bridgehead atoms. The number of rotatable bonds is 3. The van der Waals surface area contributed by atoms with Crippen molar-refractivity contribution in [3.05, 3.63) is 34.9 Å². The molecule has 1 heterocycles. The predicted molar refractivity (Wildman–Crippen MR) is 59.8 cm³/mol. The molecule has 5 heteroatoms. The molecule has 1 aromatic rings. The minimum atomic E-state index is -0.939. The van der Waals surface area contributed by atoms with Gasteiger partial charge in [0.25, 0.3) is 0 Å². The second kappa shape index (κ2) is 4.53. The van der Waals surface area contributed by atoms with Crippen molar-refractivity contribution in [1.82, 2.24) is 0 Å². The second-order valence-corrected chi connectivity index (χ2v) is 3.91. The van der Waals surface area contributed by atoms with Gasteiger partial charge in [0.2, 0.25) is 0 Å². The first kappa shape index (κ1) is 11.0. The quantitative estimate of drug-likeness (QED) is 0.880. The highest BCUT2D eigenvalue weighted by Crippen LogP contribution is 2.25. The largest absolute Gasteiger partial charge is 0.481 e. The summed E-state index contributed by atoms with van der Waals surface area (Å²) in [5.74, 6) is -0.664. The Balaban J connectivity index is 2.13. The fourth-order valence-electron chi connectivity index (χ4n) is 1.53. The van der Waals surface area contributed by atoms with E-state index in [-0.39, 0.29) is 18.4 Å². The van der Waals surface area contributed by atoms with Crippen molar-refractivity contribution >= 4 is 23.5 Å². The maximum atomic E-state index is 10.5. The normalized spacial score (nSPS) is 19.1. The molecule has 0 radical (unpaired) electrons. The molecule has 0 aliphatic carbocycles. The predicted octanol–water partition coefficient (Wildman–Crippen LogP) is 2.28. The summed E-state index contributed by atoms with van der Waals surface area (Å²) in [6.45, 7) is 0.378. The first-order chi connectivity index (χ1) is 7.65. The third kappa shape index (κ3) is 2.52. The fourth-order valence-corrected chi connectivity index (χ4v) is 1.73. The zero-order valence-corrected chi connectivity index (χ0v) is 9.15. The molecule has 2 rings (SSSR count). The molecule has 1 aliphatic rings. The van der Waals surface area contributed by atoms with E-state index in [0.717, 1.165) is 5.56 Å². The third-order valence-corrected chi connectivity index (χ3v) is 2.48. The van der Waals surface area contributed by atoms with Gasteiger partial charge < -0.3 is 9.84 Å². The summed E-state index contributed by atoms with van der Waals surface area (Å²) in [6.07, 6.45) is -0.170. The van der Waals surface area contributed by atoms with Crippen LogP contribution in [0.25, 0.3) is 0 Å². The van der Waals surface area contributed by atoms with Crippen LogP contribution in [0.5, 0.6) is 0 Å². The Morgan fingerprint density at radius 1 is 1.62 bits per heavy atom. The van der Waals surface area contributed by atoms with Gasteiger partial charge in [-0.3, -0.25) is 4.79 Å². The lowest BCUT2D eigenvalue weighted by Gasteiger charge is -2.04. The Kier molecular flexibility index (Phi) is 3.10. The summed E-state index contributed by atoms with van der Waals surface area (Å²) in [7, 11) is 0. The van der Waals surface area contributed by atoms with Gasteiger partial charge in [0.1, 0.15) is 19.1 Å². The lowest BCUT2D eigenvalue weighted by Crippen LogP contribution is -2.06. The lowest BCUT2D eigenvalue weighted by molar-refractivity contribution is -0.135. The number of aliphatic carboxylic acids is 1. The summed E-state index contributed by atoms with van der Waals surface area (Å²) in [5.41, 5.74) is 0.938. The molecule has 1 aromatic carbocycles. The molecule has 16 heavy (non-hydrogen) atoms. The fraction of sp³-hybridized carbons (Fsp3) is 0.273. The van der Waals surface area contributed by atoms with Crippen LogP contribution in [-0.2, 0) is 9.53 Å². The third-order valence-electron chi connectivity index (χ3n) is 2.24. The van der Waals surface area contributed by atoms with Crippen LogP contribution in [0, 0.1) is 0 Å². The summed E-state index contributed by atoms with van der Waals surface area (Å²) < 4.78 is 5.20. The number of aliphatic imine (C=N–C) groups is 1. The minimum absolute atomic E-state index is 0.145. The molecule has 4 nitrogen and oxygen atoms in total. The molecule has 0 amide bonds. The van der Waals surface area contributed by atoms with Crippen molar-refractivity contribution in [3.8, 4) is 0 Å². The molecule has 0 spiro atoms. The maximum Gasteiger partial charge on any atom is 0.312 e. The van der Waals surface area contributed by atoms with E-state index in [9.17, 15) is 4.79 Å². The van der Waals surface area contributed by atoms with Gasteiger partial charge in [-0.2, -0.15) is 0 Å². The average molecular weight is 240 g/mol. The van der Waals surface area contributed by atoms with Crippen LogP contribution in [0.4, 0.5) is 0 Å². The molecule has 1 unspecified atom stereocenters. The molecule has 0 saturated heterocycles. The van der Waals surface area contributed by atoms with Gasteiger partial charge in [-0.05, 0) is 17.7 Å². The lowest BCUT2D eigenvalue weighted by atomic mass is 10.1. The standard InChI is InChI=1S/C11H10ClNO3/c12-8-3-1-2-7(4-8)9-6-16-10(13-9)5-11(14)15/h1-4,9H,5-6H2,(H,14,15). The highest BCUT2D eigenvalue weighted by atomic mass is 35.5. The van der Waals surface area contributed by atoms with Crippen LogP contribution in [0.15, 0.2) is 29.3 Å². The van der Waals surface area contributed by atoms with Crippen LogP contribution in [0.2, 0.25) is 5.02 Å². The van der Waals surface area contributed by atoms with Gasteiger partial charge in [-0.15, -0.1) is 0 Å². The van der Waals surface area contributed by atoms with Crippen molar-refractivity contribution in [2.75, 3.05) is 6.61 Å². The van der Waals surface area contributed by atoms with Gasteiger partial charge in [0.15, 0.2) is 5.90 Å². The second-order valence-electron chi connectivity index (χ2n) is 3.48. The average Bonchev–Trinajstić information content (AvgIpc) is 2.65. The molecule has 84 valence electrons. The summed E-state index contributed by atoms with van der Waals surface area (Å²) in [4.78, 5) is 14.7. The number of nitrogens with zero attached hydrogens (tertiary/aromatic N) is 1. The first-order valence-electron chi connectivity index (χ1n) is 4.82. The molecule has 0 aromatic heterocycles. The molecule has 1 atom stereocenters. The summed E-state index contributed by atoms with van der Waals surface area (Å²) in [6, 6.07) is 7.18. The van der Waals surface area contributed by atoms with E-state index >= 15 is 0 Å². The van der Waals surface area contributed by atoms with E-state index in [1.54, 1.807) is 6.07 Å². The van der Waals surface area contributed by atoms with Crippen molar-refractivity contribution in [2.45, 2.75) is 12.5 Å². The Labute approximate surface area is 97.5 Å². The summed E-state index contributed by atoms with van der Waals surface area (Å²) >= 11 is 5.86. The van der Waals surface area contributed by atoms with E-state index in [4.69, 9.17) is 21.4 Å². The van der Waals surface area contributed by atoms with Crippen molar-refractivity contribution in [1.29, 1.82) is 0 Å². The van der Waals surface area contributed by atoms with Crippen LogP contribution in [0.3, 0.4) is 0 Å². The zero-order valence-electron chi connectivity index (χ0n) is 8.39. The van der Waals surface area contributed by atoms with Crippen LogP contribution < -0.4 is 0 Å². The van der Waals surface area contributed by atoms with Gasteiger partial charge in [0.05, 0.1) is 0 Å². The van der Waals surface area contributed by atoms with Gasteiger partial charge in [-0.25, -0.2) is 4.99 Å². The molecule has 1 aliphatic heterocycles. The Bertz CT molecular complexity index is 445. The zero-order chi connectivity index (χ0) is 11.5. The Morgan fingerprint density at radius 2 is 2.44 bits per heavy atom. The van der Waals surface area contributed by atoms with Gasteiger partial charge in [-0.1, -0.05) is 23.7 Å². The smallest absolute Gasteiger partial charge is 0.312 e. The van der Waals surface area contributed by atoms with E-state index in [0.29, 0.717) is 11.6 Å². The molecular formula is C11H10ClNO3. The van der Waals surface area contributed by atoms with Crippen LogP contribution >= 0.6 is 11.6 Å². The van der Waals surface area contributed by atoms with E-state index in [2.05, 4.69) is 4.99 Å². The number of hydrogen-bond donors (Lipinski definition) is 1.